The van der Waals surface area contributed by atoms with E-state index in [-0.39, 0.29) is 11.3 Å². The van der Waals surface area contributed by atoms with E-state index in [0.29, 0.717) is 16.8 Å². The molecule has 156 valence electrons. The van der Waals surface area contributed by atoms with Crippen LogP contribution in [0.1, 0.15) is 22.7 Å². The number of pyridine rings is 1. The normalized spacial score (nSPS) is 17.8. The average Bonchev–Trinajstić information content (AvgIpc) is 3.09. The Morgan fingerprint density at radius 1 is 0.875 bits per heavy atom. The first kappa shape index (κ1) is 19.7. The standard InChI is InChI=1S/C27H20N2O3/c1-17-5-4-8-22(15-17)29-24(19-11-13-28-14-12-19)23(26(31)27(29)32)25(30)21-10-9-18-6-2-3-7-20(18)16-21/h2-16,24,30H,1H3/b25-23-. The van der Waals surface area contributed by atoms with Gasteiger partial charge in [0.2, 0.25) is 0 Å². The van der Waals surface area contributed by atoms with Gasteiger partial charge in [0.05, 0.1) is 11.6 Å². The van der Waals surface area contributed by atoms with E-state index in [9.17, 15) is 14.7 Å². The molecular formula is C27H20N2O3. The number of aryl methyl sites for hydroxylation is 1. The summed E-state index contributed by atoms with van der Waals surface area (Å²) in [5.74, 6) is -1.57. The maximum Gasteiger partial charge on any atom is 0.300 e. The van der Waals surface area contributed by atoms with E-state index in [1.54, 1.807) is 36.7 Å². The second kappa shape index (κ2) is 7.78. The van der Waals surface area contributed by atoms with E-state index in [1.807, 2.05) is 61.5 Å². The molecule has 1 aromatic heterocycles. The average molecular weight is 420 g/mol. The van der Waals surface area contributed by atoms with Crippen LogP contribution in [0.2, 0.25) is 0 Å². The quantitative estimate of drug-likeness (QED) is 0.282. The lowest BCUT2D eigenvalue weighted by Gasteiger charge is -2.25. The van der Waals surface area contributed by atoms with Crippen LogP contribution in [0, 0.1) is 6.92 Å². The molecule has 0 aliphatic carbocycles. The lowest BCUT2D eigenvalue weighted by Crippen LogP contribution is -2.29. The second-order valence-electron chi connectivity index (χ2n) is 7.85. The molecule has 0 spiro atoms. The number of aliphatic hydroxyl groups excluding tert-OH is 1. The highest BCUT2D eigenvalue weighted by Gasteiger charge is 2.46. The van der Waals surface area contributed by atoms with Gasteiger partial charge in [-0.1, -0.05) is 48.5 Å². The molecule has 1 atom stereocenters. The van der Waals surface area contributed by atoms with Gasteiger partial charge in [-0.15, -0.1) is 0 Å². The van der Waals surface area contributed by atoms with Crippen LogP contribution in [0.15, 0.2) is 96.8 Å². The van der Waals surface area contributed by atoms with Crippen molar-refractivity contribution in [3.63, 3.8) is 0 Å². The van der Waals surface area contributed by atoms with Crippen molar-refractivity contribution in [3.05, 3.63) is 114 Å². The van der Waals surface area contributed by atoms with Crippen LogP contribution in [0.25, 0.3) is 16.5 Å². The number of hydrogen-bond acceptors (Lipinski definition) is 4. The summed E-state index contributed by atoms with van der Waals surface area (Å²) < 4.78 is 0. The summed E-state index contributed by atoms with van der Waals surface area (Å²) >= 11 is 0. The molecule has 5 rings (SSSR count). The van der Waals surface area contributed by atoms with Crippen molar-refractivity contribution < 1.29 is 14.7 Å². The third-order valence-electron chi connectivity index (χ3n) is 5.77. The van der Waals surface area contributed by atoms with Crippen molar-refractivity contribution >= 4 is 33.9 Å². The largest absolute Gasteiger partial charge is 0.507 e. The number of amides is 1. The van der Waals surface area contributed by atoms with Gasteiger partial charge >= 0.3 is 0 Å². The number of nitrogens with zero attached hydrogens (tertiary/aromatic N) is 2. The topological polar surface area (TPSA) is 70.5 Å². The summed E-state index contributed by atoms with van der Waals surface area (Å²) in [5.41, 5.74) is 2.82. The first-order valence-corrected chi connectivity index (χ1v) is 10.3. The Morgan fingerprint density at radius 3 is 2.38 bits per heavy atom. The van der Waals surface area contributed by atoms with E-state index in [0.717, 1.165) is 16.3 Å². The van der Waals surface area contributed by atoms with Crippen LogP contribution in [0.3, 0.4) is 0 Å². The summed E-state index contributed by atoms with van der Waals surface area (Å²) in [5, 5.41) is 13.2. The Balaban J connectivity index is 1.73. The summed E-state index contributed by atoms with van der Waals surface area (Å²) in [6.45, 7) is 1.93. The van der Waals surface area contributed by atoms with Crippen LogP contribution >= 0.6 is 0 Å². The van der Waals surface area contributed by atoms with Gasteiger partial charge < -0.3 is 5.11 Å². The minimum atomic E-state index is -0.758. The van der Waals surface area contributed by atoms with Crippen molar-refractivity contribution in [2.45, 2.75) is 13.0 Å². The molecule has 0 saturated carbocycles. The number of fused-ring (bicyclic) bond motifs is 1. The lowest BCUT2D eigenvalue weighted by molar-refractivity contribution is -0.132. The molecule has 1 saturated heterocycles. The number of anilines is 1. The number of Topliss-reactive ketones (excluding diaryl/α,β-unsaturated/α-hetero) is 1. The third-order valence-corrected chi connectivity index (χ3v) is 5.77. The van der Waals surface area contributed by atoms with Crippen LogP contribution in [-0.2, 0) is 9.59 Å². The van der Waals surface area contributed by atoms with Gasteiger partial charge in [0.25, 0.3) is 11.7 Å². The smallest absolute Gasteiger partial charge is 0.300 e. The Morgan fingerprint density at radius 2 is 1.62 bits per heavy atom. The molecule has 0 radical (unpaired) electrons. The van der Waals surface area contributed by atoms with Crippen LogP contribution in [-0.4, -0.2) is 21.8 Å². The Kier molecular flexibility index (Phi) is 4.79. The number of aliphatic hydroxyl groups is 1. The Bertz CT molecular complexity index is 1390. The van der Waals surface area contributed by atoms with Crippen molar-refractivity contribution in [3.8, 4) is 0 Å². The monoisotopic (exact) mass is 420 g/mol. The fourth-order valence-electron chi connectivity index (χ4n) is 4.23. The van der Waals surface area contributed by atoms with Gasteiger partial charge in [0.1, 0.15) is 5.76 Å². The fraction of sp³-hybridized carbons (Fsp3) is 0.0741. The minimum absolute atomic E-state index is 0.0676. The predicted molar refractivity (Wildman–Crippen MR) is 124 cm³/mol. The van der Waals surface area contributed by atoms with Crippen molar-refractivity contribution in [1.29, 1.82) is 0 Å². The van der Waals surface area contributed by atoms with Crippen molar-refractivity contribution in [2.75, 3.05) is 4.90 Å². The number of aromatic nitrogens is 1. The zero-order valence-electron chi connectivity index (χ0n) is 17.4. The number of carbonyl (C=O) groups is 2. The molecule has 1 aliphatic heterocycles. The van der Waals surface area contributed by atoms with Crippen LogP contribution < -0.4 is 4.90 Å². The van der Waals surface area contributed by atoms with E-state index in [2.05, 4.69) is 4.98 Å². The number of carbonyl (C=O) groups excluding carboxylic acids is 2. The minimum Gasteiger partial charge on any atom is -0.507 e. The third kappa shape index (κ3) is 3.24. The summed E-state index contributed by atoms with van der Waals surface area (Å²) in [4.78, 5) is 31.9. The molecule has 1 aliphatic rings. The Labute approximate surface area is 185 Å². The summed E-state index contributed by atoms with van der Waals surface area (Å²) in [6, 6.07) is 23.4. The van der Waals surface area contributed by atoms with Gasteiger partial charge in [-0.05, 0) is 59.2 Å². The zero-order chi connectivity index (χ0) is 22.2. The summed E-state index contributed by atoms with van der Waals surface area (Å²) in [7, 11) is 0. The summed E-state index contributed by atoms with van der Waals surface area (Å²) in [6.07, 6.45) is 3.23. The lowest BCUT2D eigenvalue weighted by atomic mass is 9.95. The maximum atomic E-state index is 13.2. The maximum absolute atomic E-state index is 13.2. The first-order valence-electron chi connectivity index (χ1n) is 10.3. The first-order chi connectivity index (χ1) is 15.5. The molecule has 1 amide bonds. The molecule has 1 unspecified atom stereocenters. The van der Waals surface area contributed by atoms with E-state index < -0.39 is 17.7 Å². The number of rotatable bonds is 3. The molecule has 1 N–H and O–H groups in total. The molecule has 3 aromatic carbocycles. The highest BCUT2D eigenvalue weighted by molar-refractivity contribution is 6.51. The molecule has 1 fully saturated rings. The number of hydrogen-bond donors (Lipinski definition) is 1. The highest BCUT2D eigenvalue weighted by atomic mass is 16.3. The van der Waals surface area contributed by atoms with Gasteiger partial charge in [0, 0.05) is 23.6 Å². The van der Waals surface area contributed by atoms with Gasteiger partial charge in [-0.3, -0.25) is 19.5 Å². The molecule has 5 nitrogen and oxygen atoms in total. The van der Waals surface area contributed by atoms with E-state index in [1.165, 1.54) is 4.90 Å². The molecule has 4 aromatic rings. The molecule has 0 bridgehead atoms. The molecule has 5 heteroatoms. The fourth-order valence-corrected chi connectivity index (χ4v) is 4.23. The molecule has 32 heavy (non-hydrogen) atoms. The predicted octanol–water partition coefficient (Wildman–Crippen LogP) is 5.17. The second-order valence-corrected chi connectivity index (χ2v) is 7.85. The van der Waals surface area contributed by atoms with E-state index >= 15 is 0 Å². The SMILES string of the molecule is Cc1cccc(N2C(=O)C(=O)/C(=C(\O)c3ccc4ccccc4c3)C2c2ccncc2)c1. The van der Waals surface area contributed by atoms with Gasteiger partial charge in [-0.2, -0.15) is 0 Å². The molecule has 2 heterocycles. The highest BCUT2D eigenvalue weighted by Crippen LogP contribution is 2.42. The van der Waals surface area contributed by atoms with Crippen molar-refractivity contribution in [1.82, 2.24) is 4.98 Å². The molecular weight excluding hydrogens is 400 g/mol. The Hall–Kier alpha value is -4.25. The zero-order valence-corrected chi connectivity index (χ0v) is 17.4. The number of ketones is 1. The van der Waals surface area contributed by atoms with Crippen LogP contribution in [0.4, 0.5) is 5.69 Å². The van der Waals surface area contributed by atoms with Gasteiger partial charge in [-0.25, -0.2) is 0 Å². The van der Waals surface area contributed by atoms with E-state index in [4.69, 9.17) is 0 Å². The van der Waals surface area contributed by atoms with Gasteiger partial charge in [0.15, 0.2) is 0 Å². The van der Waals surface area contributed by atoms with Crippen molar-refractivity contribution in [2.24, 2.45) is 0 Å². The number of benzene rings is 3. The van der Waals surface area contributed by atoms with Crippen LogP contribution in [0.5, 0.6) is 0 Å².